The Morgan fingerprint density at radius 3 is 2.79 bits per heavy atom. The number of rotatable bonds is 4. The van der Waals surface area contributed by atoms with Gasteiger partial charge in [0, 0.05) is 26.7 Å². The lowest BCUT2D eigenvalue weighted by atomic mass is 10.0. The Balaban J connectivity index is 1.85. The number of carbonyl (C=O) groups excluding carboxylic acids is 2. The minimum Gasteiger partial charge on any atom is -0.346 e. The molecule has 1 aliphatic heterocycles. The predicted octanol–water partition coefficient (Wildman–Crippen LogP) is 0.968. The van der Waals surface area contributed by atoms with E-state index in [-0.39, 0.29) is 36.2 Å². The standard InChI is InChI=1S/C16H22N6O2/c1-9(2)14-10(8-17-20-14)16(24)19-11-7-13(23)21(3)15(11)12-5-6-18-22(12)4/h5-6,8-9,11,15H,7H2,1-4H3,(H,17,20)(H,19,24)/t11-,15-/m1/s1. The second-order valence-electron chi connectivity index (χ2n) is 6.47. The van der Waals surface area contributed by atoms with Gasteiger partial charge >= 0.3 is 0 Å². The molecule has 0 bridgehead atoms. The molecule has 0 radical (unpaired) electrons. The number of likely N-dealkylation sites (tertiary alicyclic amines) is 1. The summed E-state index contributed by atoms with van der Waals surface area (Å²) >= 11 is 0. The van der Waals surface area contributed by atoms with Crippen LogP contribution in [0.3, 0.4) is 0 Å². The molecule has 1 fully saturated rings. The number of aromatic nitrogens is 4. The van der Waals surface area contributed by atoms with Crippen LogP contribution in [0.1, 0.15) is 54.0 Å². The molecule has 24 heavy (non-hydrogen) atoms. The van der Waals surface area contributed by atoms with E-state index in [9.17, 15) is 9.59 Å². The van der Waals surface area contributed by atoms with Gasteiger partial charge in [0.1, 0.15) is 0 Å². The average molecular weight is 330 g/mol. The lowest BCUT2D eigenvalue weighted by Gasteiger charge is -2.25. The highest BCUT2D eigenvalue weighted by molar-refractivity contribution is 5.96. The van der Waals surface area contributed by atoms with E-state index < -0.39 is 0 Å². The zero-order chi connectivity index (χ0) is 17.4. The lowest BCUT2D eigenvalue weighted by molar-refractivity contribution is -0.127. The van der Waals surface area contributed by atoms with Crippen molar-refractivity contribution < 1.29 is 9.59 Å². The zero-order valence-electron chi connectivity index (χ0n) is 14.3. The number of amides is 2. The van der Waals surface area contributed by atoms with Crippen LogP contribution in [0.25, 0.3) is 0 Å². The number of likely N-dealkylation sites (N-methyl/N-ethyl adjacent to an activating group) is 1. The quantitative estimate of drug-likeness (QED) is 0.873. The van der Waals surface area contributed by atoms with Crippen molar-refractivity contribution in [3.63, 3.8) is 0 Å². The summed E-state index contributed by atoms with van der Waals surface area (Å²) < 4.78 is 1.73. The third-order valence-corrected chi connectivity index (χ3v) is 4.56. The van der Waals surface area contributed by atoms with Crippen molar-refractivity contribution in [2.75, 3.05) is 7.05 Å². The lowest BCUT2D eigenvalue weighted by Crippen LogP contribution is -2.40. The van der Waals surface area contributed by atoms with E-state index >= 15 is 0 Å². The molecule has 3 heterocycles. The summed E-state index contributed by atoms with van der Waals surface area (Å²) in [5.74, 6) is -0.0514. The Morgan fingerprint density at radius 2 is 2.17 bits per heavy atom. The molecule has 0 aromatic carbocycles. The van der Waals surface area contributed by atoms with E-state index in [0.29, 0.717) is 5.56 Å². The van der Waals surface area contributed by atoms with Crippen LogP contribution in [0, 0.1) is 0 Å². The molecule has 1 aliphatic rings. The molecule has 8 heteroatoms. The molecule has 2 amide bonds. The first-order valence-electron chi connectivity index (χ1n) is 7.97. The van der Waals surface area contributed by atoms with Gasteiger partial charge < -0.3 is 10.2 Å². The first-order valence-corrected chi connectivity index (χ1v) is 7.97. The van der Waals surface area contributed by atoms with Gasteiger partial charge in [0.15, 0.2) is 0 Å². The van der Waals surface area contributed by atoms with Gasteiger partial charge in [-0.3, -0.25) is 19.4 Å². The highest BCUT2D eigenvalue weighted by Gasteiger charge is 2.41. The molecule has 2 aromatic rings. The summed E-state index contributed by atoms with van der Waals surface area (Å²) in [7, 11) is 3.58. The fourth-order valence-corrected chi connectivity index (χ4v) is 3.24. The second kappa shape index (κ2) is 6.10. The van der Waals surface area contributed by atoms with Crippen LogP contribution in [0.2, 0.25) is 0 Å². The first kappa shape index (κ1) is 16.2. The SMILES string of the molecule is CC(C)c1[nH]ncc1C(=O)N[C@@H]1CC(=O)N(C)[C@H]1c1ccnn1C. The van der Waals surface area contributed by atoms with Crippen LogP contribution in [-0.2, 0) is 11.8 Å². The van der Waals surface area contributed by atoms with Crippen molar-refractivity contribution in [3.8, 4) is 0 Å². The summed E-state index contributed by atoms with van der Waals surface area (Å²) in [5, 5.41) is 14.0. The van der Waals surface area contributed by atoms with Gasteiger partial charge in [0.25, 0.3) is 5.91 Å². The maximum absolute atomic E-state index is 12.7. The Bertz CT molecular complexity index is 762. The summed E-state index contributed by atoms with van der Waals surface area (Å²) in [5.41, 5.74) is 2.21. The number of aromatic amines is 1. The monoisotopic (exact) mass is 330 g/mol. The van der Waals surface area contributed by atoms with Crippen molar-refractivity contribution >= 4 is 11.8 Å². The van der Waals surface area contributed by atoms with Crippen LogP contribution < -0.4 is 5.32 Å². The van der Waals surface area contributed by atoms with Crippen molar-refractivity contribution in [2.24, 2.45) is 7.05 Å². The predicted molar refractivity (Wildman–Crippen MR) is 87.3 cm³/mol. The van der Waals surface area contributed by atoms with Gasteiger partial charge in [-0.05, 0) is 12.0 Å². The molecule has 3 rings (SSSR count). The van der Waals surface area contributed by atoms with Crippen LogP contribution in [0.15, 0.2) is 18.5 Å². The maximum atomic E-state index is 12.7. The fraction of sp³-hybridized carbons (Fsp3) is 0.500. The third-order valence-electron chi connectivity index (χ3n) is 4.56. The Kier molecular flexibility index (Phi) is 4.13. The van der Waals surface area contributed by atoms with Crippen molar-refractivity contribution in [1.29, 1.82) is 0 Å². The van der Waals surface area contributed by atoms with E-state index in [2.05, 4.69) is 20.6 Å². The van der Waals surface area contributed by atoms with Gasteiger partial charge in [-0.1, -0.05) is 13.8 Å². The van der Waals surface area contributed by atoms with E-state index in [0.717, 1.165) is 11.4 Å². The molecule has 8 nitrogen and oxygen atoms in total. The molecule has 2 aromatic heterocycles. The zero-order valence-corrected chi connectivity index (χ0v) is 14.3. The van der Waals surface area contributed by atoms with Crippen molar-refractivity contribution in [1.82, 2.24) is 30.2 Å². The molecule has 2 atom stereocenters. The largest absolute Gasteiger partial charge is 0.346 e. The summed E-state index contributed by atoms with van der Waals surface area (Å²) in [6.07, 6.45) is 3.50. The summed E-state index contributed by atoms with van der Waals surface area (Å²) in [4.78, 5) is 26.5. The van der Waals surface area contributed by atoms with Crippen molar-refractivity contribution in [2.45, 2.75) is 38.3 Å². The molecule has 0 aliphatic carbocycles. The van der Waals surface area contributed by atoms with Crippen LogP contribution >= 0.6 is 0 Å². The molecular weight excluding hydrogens is 308 g/mol. The van der Waals surface area contributed by atoms with Gasteiger partial charge in [0.2, 0.25) is 5.91 Å². The molecule has 0 saturated carbocycles. The third kappa shape index (κ3) is 2.68. The topological polar surface area (TPSA) is 95.9 Å². The van der Waals surface area contributed by atoms with E-state index in [1.807, 2.05) is 27.0 Å². The summed E-state index contributed by atoms with van der Waals surface area (Å²) in [6.45, 7) is 3.99. The summed E-state index contributed by atoms with van der Waals surface area (Å²) in [6, 6.07) is 1.33. The number of nitrogens with zero attached hydrogens (tertiary/aromatic N) is 4. The van der Waals surface area contributed by atoms with Crippen LogP contribution in [-0.4, -0.2) is 49.8 Å². The van der Waals surface area contributed by atoms with E-state index in [4.69, 9.17) is 0 Å². The van der Waals surface area contributed by atoms with Gasteiger partial charge in [-0.25, -0.2) is 0 Å². The number of carbonyl (C=O) groups is 2. The molecule has 1 saturated heterocycles. The minimum atomic E-state index is -0.305. The highest BCUT2D eigenvalue weighted by Crippen LogP contribution is 2.31. The Labute approximate surface area is 140 Å². The fourth-order valence-electron chi connectivity index (χ4n) is 3.24. The molecular formula is C16H22N6O2. The molecule has 0 spiro atoms. The number of H-pyrrole nitrogens is 1. The minimum absolute atomic E-state index is 0.00257. The van der Waals surface area contributed by atoms with Gasteiger partial charge in [-0.2, -0.15) is 10.2 Å². The normalized spacial score (nSPS) is 20.9. The van der Waals surface area contributed by atoms with Gasteiger partial charge in [-0.15, -0.1) is 0 Å². The molecule has 128 valence electrons. The highest BCUT2D eigenvalue weighted by atomic mass is 16.2. The number of hydrogen-bond donors (Lipinski definition) is 2. The average Bonchev–Trinajstić information content (AvgIpc) is 3.21. The number of aryl methyl sites for hydroxylation is 1. The van der Waals surface area contributed by atoms with E-state index in [1.54, 1.807) is 22.8 Å². The van der Waals surface area contributed by atoms with Crippen LogP contribution in [0.5, 0.6) is 0 Å². The second-order valence-corrected chi connectivity index (χ2v) is 6.47. The Hall–Kier alpha value is -2.64. The number of hydrogen-bond acceptors (Lipinski definition) is 4. The van der Waals surface area contributed by atoms with Crippen molar-refractivity contribution in [3.05, 3.63) is 35.4 Å². The van der Waals surface area contributed by atoms with E-state index in [1.165, 1.54) is 6.20 Å². The molecule has 2 N–H and O–H groups in total. The smallest absolute Gasteiger partial charge is 0.255 e. The molecule has 0 unspecified atom stereocenters. The first-order chi connectivity index (χ1) is 11.4. The van der Waals surface area contributed by atoms with Gasteiger partial charge in [0.05, 0.1) is 35.2 Å². The van der Waals surface area contributed by atoms with Crippen LogP contribution in [0.4, 0.5) is 0 Å². The number of nitrogens with one attached hydrogen (secondary N) is 2. The Morgan fingerprint density at radius 1 is 1.42 bits per heavy atom. The maximum Gasteiger partial charge on any atom is 0.255 e.